The number of carbonyl (C=O) groups excluding carboxylic acids is 2. The first-order valence-electron chi connectivity index (χ1n) is 8.02. The predicted molar refractivity (Wildman–Crippen MR) is 96.0 cm³/mol. The van der Waals surface area contributed by atoms with Crippen LogP contribution < -0.4 is 10.2 Å². The summed E-state index contributed by atoms with van der Waals surface area (Å²) in [5.41, 5.74) is 2.34. The van der Waals surface area contributed by atoms with E-state index < -0.39 is 15.3 Å². The molecule has 0 unspecified atom stereocenters. The molecule has 2 amide bonds. The number of amides is 2. The second-order valence-corrected chi connectivity index (χ2v) is 8.13. The van der Waals surface area contributed by atoms with E-state index in [1.165, 1.54) is 19.7 Å². The van der Waals surface area contributed by atoms with Gasteiger partial charge in [-0.3, -0.25) is 9.59 Å². The lowest BCUT2D eigenvalue weighted by Crippen LogP contribution is -2.52. The number of anilines is 1. The third kappa shape index (κ3) is 4.49. The normalized spacial score (nSPS) is 15.4. The van der Waals surface area contributed by atoms with Crippen molar-refractivity contribution < 1.29 is 18.0 Å². The van der Waals surface area contributed by atoms with Gasteiger partial charge in [0.05, 0.1) is 6.54 Å². The van der Waals surface area contributed by atoms with Gasteiger partial charge in [0.15, 0.2) is 0 Å². The third-order valence-electron chi connectivity index (χ3n) is 4.19. The van der Waals surface area contributed by atoms with Crippen LogP contribution >= 0.6 is 0 Å². The standard InChI is InChI=1S/C16H24N4O4S/c1-13-6-4-5-7-14(13)19-8-10-20(11-9-19)15(21)12-17-16(22)25(23,24)18(2)3/h4-7H,8-12H2,1-3H3,(H,17,22). The first kappa shape index (κ1) is 19.2. The summed E-state index contributed by atoms with van der Waals surface area (Å²) in [4.78, 5) is 27.7. The molecule has 2 rings (SSSR count). The molecule has 9 heteroatoms. The second kappa shape index (κ2) is 7.83. The number of rotatable bonds is 4. The van der Waals surface area contributed by atoms with Crippen LogP contribution in [0.5, 0.6) is 0 Å². The molecular weight excluding hydrogens is 344 g/mol. The first-order chi connectivity index (χ1) is 11.7. The fourth-order valence-electron chi connectivity index (χ4n) is 2.63. The maximum Gasteiger partial charge on any atom is 0.352 e. The number of sulfonamides is 1. The zero-order valence-corrected chi connectivity index (χ0v) is 15.5. The smallest absolute Gasteiger partial charge is 0.352 e. The molecule has 8 nitrogen and oxygen atoms in total. The van der Waals surface area contributed by atoms with Crippen LogP contribution in [0.3, 0.4) is 0 Å². The summed E-state index contributed by atoms with van der Waals surface area (Å²) in [6, 6.07) is 8.08. The van der Waals surface area contributed by atoms with Crippen molar-refractivity contribution in [3.63, 3.8) is 0 Å². The summed E-state index contributed by atoms with van der Waals surface area (Å²) in [5, 5.41) is 1.02. The molecule has 1 N–H and O–H groups in total. The van der Waals surface area contributed by atoms with Crippen molar-refractivity contribution in [3.8, 4) is 0 Å². The summed E-state index contributed by atoms with van der Waals surface area (Å²) >= 11 is 0. The number of piperazine rings is 1. The summed E-state index contributed by atoms with van der Waals surface area (Å²) in [6.45, 7) is 4.18. The average molecular weight is 368 g/mol. The zero-order valence-electron chi connectivity index (χ0n) is 14.7. The highest BCUT2D eigenvalue weighted by Crippen LogP contribution is 2.20. The van der Waals surface area contributed by atoms with E-state index in [0.29, 0.717) is 26.2 Å². The Bertz CT molecular complexity index is 740. The topological polar surface area (TPSA) is 90.0 Å². The van der Waals surface area contributed by atoms with Crippen LogP contribution in [0.15, 0.2) is 24.3 Å². The Morgan fingerprint density at radius 3 is 2.28 bits per heavy atom. The monoisotopic (exact) mass is 368 g/mol. The largest absolute Gasteiger partial charge is 0.368 e. The number of benzene rings is 1. The Morgan fingerprint density at radius 2 is 1.72 bits per heavy atom. The fraction of sp³-hybridized carbons (Fsp3) is 0.500. The molecule has 0 radical (unpaired) electrons. The molecule has 1 aromatic rings. The van der Waals surface area contributed by atoms with Crippen LogP contribution in [0.25, 0.3) is 0 Å². The van der Waals surface area contributed by atoms with E-state index in [-0.39, 0.29) is 12.5 Å². The molecule has 1 aliphatic rings. The number of carbonyl (C=O) groups is 2. The molecule has 1 heterocycles. The van der Waals surface area contributed by atoms with Crippen molar-refractivity contribution in [2.75, 3.05) is 51.7 Å². The summed E-state index contributed by atoms with van der Waals surface area (Å²) in [7, 11) is -1.52. The average Bonchev–Trinajstić information content (AvgIpc) is 2.59. The number of aryl methyl sites for hydroxylation is 1. The van der Waals surface area contributed by atoms with Gasteiger partial charge in [-0.25, -0.2) is 8.42 Å². The lowest BCUT2D eigenvalue weighted by Gasteiger charge is -2.36. The van der Waals surface area contributed by atoms with Crippen LogP contribution in [-0.4, -0.2) is 75.6 Å². The molecule has 0 spiro atoms. The predicted octanol–water partition coefficient (Wildman–Crippen LogP) is 0.245. The Hall–Kier alpha value is -2.13. The SMILES string of the molecule is Cc1ccccc1N1CCN(C(=O)CNC(=O)S(=O)(=O)N(C)C)CC1. The third-order valence-corrected chi connectivity index (χ3v) is 5.76. The summed E-state index contributed by atoms with van der Waals surface area (Å²) in [5.74, 6) is -0.285. The molecule has 1 aliphatic heterocycles. The molecule has 0 atom stereocenters. The molecule has 25 heavy (non-hydrogen) atoms. The Morgan fingerprint density at radius 1 is 1.12 bits per heavy atom. The Kier molecular flexibility index (Phi) is 6.02. The van der Waals surface area contributed by atoms with E-state index in [4.69, 9.17) is 0 Å². The van der Waals surface area contributed by atoms with Gasteiger partial charge < -0.3 is 15.1 Å². The molecule has 1 fully saturated rings. The van der Waals surface area contributed by atoms with Gasteiger partial charge in [0.2, 0.25) is 5.91 Å². The molecule has 1 saturated heterocycles. The molecule has 0 saturated carbocycles. The van der Waals surface area contributed by atoms with Gasteiger partial charge in [0.1, 0.15) is 0 Å². The van der Waals surface area contributed by atoms with Gasteiger partial charge in [-0.05, 0) is 18.6 Å². The minimum absolute atomic E-state index is 0.285. The van der Waals surface area contributed by atoms with Crippen LogP contribution in [-0.2, 0) is 14.8 Å². The molecule has 1 aromatic carbocycles. The van der Waals surface area contributed by atoms with Crippen LogP contribution in [0.4, 0.5) is 10.5 Å². The van der Waals surface area contributed by atoms with Crippen molar-refractivity contribution in [2.24, 2.45) is 0 Å². The van der Waals surface area contributed by atoms with Crippen molar-refractivity contribution in [3.05, 3.63) is 29.8 Å². The summed E-state index contributed by atoms with van der Waals surface area (Å²) < 4.78 is 24.1. The van der Waals surface area contributed by atoms with Gasteiger partial charge in [-0.1, -0.05) is 18.2 Å². The number of hydrogen-bond donors (Lipinski definition) is 1. The van der Waals surface area contributed by atoms with Crippen LogP contribution in [0, 0.1) is 6.92 Å². The fourth-order valence-corrected chi connectivity index (χ4v) is 3.22. The summed E-state index contributed by atoms with van der Waals surface area (Å²) in [6.07, 6.45) is 0. The van der Waals surface area contributed by atoms with E-state index in [2.05, 4.69) is 16.3 Å². The highest BCUT2D eigenvalue weighted by Gasteiger charge is 2.27. The van der Waals surface area contributed by atoms with Crippen molar-refractivity contribution in [1.82, 2.24) is 14.5 Å². The van der Waals surface area contributed by atoms with Crippen LogP contribution in [0.2, 0.25) is 0 Å². The Balaban J connectivity index is 1.86. The Labute approximate surface area is 148 Å². The second-order valence-electron chi connectivity index (χ2n) is 6.08. The number of para-hydroxylation sites is 1. The molecule has 0 aliphatic carbocycles. The highest BCUT2D eigenvalue weighted by molar-refractivity contribution is 8.03. The minimum Gasteiger partial charge on any atom is -0.368 e. The maximum absolute atomic E-state index is 12.2. The molecule has 0 aromatic heterocycles. The number of hydrogen-bond acceptors (Lipinski definition) is 5. The quantitative estimate of drug-likeness (QED) is 0.823. The van der Waals surface area contributed by atoms with E-state index >= 15 is 0 Å². The van der Waals surface area contributed by atoms with Gasteiger partial charge in [-0.2, -0.15) is 4.31 Å². The van der Waals surface area contributed by atoms with Crippen LogP contribution in [0.1, 0.15) is 5.56 Å². The van der Waals surface area contributed by atoms with Gasteiger partial charge in [0.25, 0.3) is 10.0 Å². The van der Waals surface area contributed by atoms with E-state index in [1.807, 2.05) is 25.1 Å². The van der Waals surface area contributed by atoms with Gasteiger partial charge in [-0.15, -0.1) is 0 Å². The highest BCUT2D eigenvalue weighted by atomic mass is 32.2. The van der Waals surface area contributed by atoms with Gasteiger partial charge >= 0.3 is 5.24 Å². The molecule has 138 valence electrons. The zero-order chi connectivity index (χ0) is 18.6. The van der Waals surface area contributed by atoms with Gasteiger partial charge in [0, 0.05) is 46.0 Å². The maximum atomic E-state index is 12.2. The number of nitrogens with one attached hydrogen (secondary N) is 1. The van der Waals surface area contributed by atoms with E-state index in [1.54, 1.807) is 4.90 Å². The van der Waals surface area contributed by atoms with Crippen molar-refractivity contribution >= 4 is 26.9 Å². The van der Waals surface area contributed by atoms with E-state index in [9.17, 15) is 18.0 Å². The lowest BCUT2D eigenvalue weighted by molar-refractivity contribution is -0.130. The van der Waals surface area contributed by atoms with Crippen molar-refractivity contribution in [2.45, 2.75) is 6.92 Å². The van der Waals surface area contributed by atoms with Crippen molar-refractivity contribution in [1.29, 1.82) is 0 Å². The molecule has 0 bridgehead atoms. The minimum atomic E-state index is -4.05. The van der Waals surface area contributed by atoms with E-state index in [0.717, 1.165) is 9.99 Å². The number of nitrogens with zero attached hydrogens (tertiary/aromatic N) is 3. The molecular formula is C16H24N4O4S. The first-order valence-corrected chi connectivity index (χ1v) is 9.46. The lowest BCUT2D eigenvalue weighted by atomic mass is 10.1.